The van der Waals surface area contributed by atoms with Crippen LogP contribution >= 0.6 is 0 Å². The van der Waals surface area contributed by atoms with Crippen molar-refractivity contribution >= 4 is 17.6 Å². The number of carboxylic acids is 1. The van der Waals surface area contributed by atoms with Crippen molar-refractivity contribution < 1.29 is 9.90 Å². The first-order chi connectivity index (χ1) is 10.6. The van der Waals surface area contributed by atoms with E-state index in [4.69, 9.17) is 5.11 Å². The smallest absolute Gasteiger partial charge is 0.328 e. The van der Waals surface area contributed by atoms with Gasteiger partial charge in [0.05, 0.1) is 0 Å². The van der Waals surface area contributed by atoms with E-state index in [1.54, 1.807) is 13.0 Å². The second-order valence-corrected chi connectivity index (χ2v) is 5.36. The van der Waals surface area contributed by atoms with Gasteiger partial charge in [0, 0.05) is 6.08 Å². The Morgan fingerprint density at radius 2 is 1.95 bits per heavy atom. The summed E-state index contributed by atoms with van der Waals surface area (Å²) >= 11 is 0. The third kappa shape index (κ3) is 4.45. The minimum atomic E-state index is -0.921. The summed E-state index contributed by atoms with van der Waals surface area (Å²) in [7, 11) is 0. The maximum atomic E-state index is 10.5. The molecule has 0 atom stereocenters. The summed E-state index contributed by atoms with van der Waals surface area (Å²) in [6, 6.07) is 8.38. The highest BCUT2D eigenvalue weighted by atomic mass is 16.4. The molecule has 0 bridgehead atoms. The molecule has 1 N–H and O–H groups in total. The fraction of sp³-hybridized carbons (Fsp3) is 0.150. The maximum absolute atomic E-state index is 10.5. The van der Waals surface area contributed by atoms with Crippen molar-refractivity contribution in [3.05, 3.63) is 83.0 Å². The molecule has 1 aliphatic rings. The molecule has 0 amide bonds. The van der Waals surface area contributed by atoms with Gasteiger partial charge >= 0.3 is 5.97 Å². The number of benzene rings is 1. The fourth-order valence-corrected chi connectivity index (χ4v) is 2.41. The van der Waals surface area contributed by atoms with Gasteiger partial charge in [-0.05, 0) is 42.5 Å². The molecule has 1 aliphatic carbocycles. The Bertz CT molecular complexity index is 713. The van der Waals surface area contributed by atoms with Gasteiger partial charge < -0.3 is 5.11 Å². The van der Waals surface area contributed by atoms with E-state index in [2.05, 4.69) is 49.4 Å². The highest BCUT2D eigenvalue weighted by Crippen LogP contribution is 2.29. The average Bonchev–Trinajstić information content (AvgIpc) is 2.47. The quantitative estimate of drug-likeness (QED) is 0.625. The summed E-state index contributed by atoms with van der Waals surface area (Å²) in [4.78, 5) is 10.5. The molecule has 0 heterocycles. The van der Waals surface area contributed by atoms with Crippen LogP contribution in [0.2, 0.25) is 0 Å². The standard InChI is InChI=1S/C20H20O2/c1-15(7-5-8-16(2)14-20(21)22)13-18-11-6-10-17-9-3-4-12-19(17)18/h3-10,12-14H,11H2,1-2H3,(H,21,22)/b8-5+,15-7-,16-14+,18-13+. The minimum absolute atomic E-state index is 0.718. The lowest BCUT2D eigenvalue weighted by molar-refractivity contribution is -0.131. The van der Waals surface area contributed by atoms with E-state index < -0.39 is 5.97 Å². The molecule has 0 spiro atoms. The van der Waals surface area contributed by atoms with E-state index in [-0.39, 0.29) is 0 Å². The van der Waals surface area contributed by atoms with E-state index in [1.807, 2.05) is 12.2 Å². The monoisotopic (exact) mass is 292 g/mol. The molecule has 0 aromatic heterocycles. The first-order valence-corrected chi connectivity index (χ1v) is 7.29. The molecule has 0 fully saturated rings. The van der Waals surface area contributed by atoms with Gasteiger partial charge in [0.25, 0.3) is 0 Å². The number of rotatable bonds is 4. The minimum Gasteiger partial charge on any atom is -0.478 e. The topological polar surface area (TPSA) is 37.3 Å². The molecule has 0 saturated heterocycles. The van der Waals surface area contributed by atoms with Gasteiger partial charge in [0.2, 0.25) is 0 Å². The Kier molecular flexibility index (Phi) is 5.31. The summed E-state index contributed by atoms with van der Waals surface area (Å²) in [6.45, 7) is 3.82. The summed E-state index contributed by atoms with van der Waals surface area (Å²) in [6.07, 6.45) is 14.3. The second kappa shape index (κ2) is 7.41. The van der Waals surface area contributed by atoms with Gasteiger partial charge in [-0.1, -0.05) is 66.3 Å². The largest absolute Gasteiger partial charge is 0.478 e. The Morgan fingerprint density at radius 3 is 2.73 bits per heavy atom. The molecule has 22 heavy (non-hydrogen) atoms. The van der Waals surface area contributed by atoms with E-state index in [0.29, 0.717) is 0 Å². The number of carbonyl (C=O) groups is 1. The van der Waals surface area contributed by atoms with Crippen LogP contribution in [0.3, 0.4) is 0 Å². The number of hydrogen-bond donors (Lipinski definition) is 1. The summed E-state index contributed by atoms with van der Waals surface area (Å²) in [5.41, 5.74) is 5.69. The van der Waals surface area contributed by atoms with Crippen LogP contribution in [-0.2, 0) is 4.79 Å². The number of allylic oxidation sites excluding steroid dienone is 8. The zero-order valence-electron chi connectivity index (χ0n) is 12.9. The van der Waals surface area contributed by atoms with Crippen LogP contribution in [0.15, 0.2) is 71.9 Å². The van der Waals surface area contributed by atoms with Crippen molar-refractivity contribution in [1.82, 2.24) is 0 Å². The molecule has 2 rings (SSSR count). The van der Waals surface area contributed by atoms with Crippen LogP contribution in [-0.4, -0.2) is 11.1 Å². The lowest BCUT2D eigenvalue weighted by atomic mass is 9.91. The van der Waals surface area contributed by atoms with E-state index in [1.165, 1.54) is 22.8 Å². The first-order valence-electron chi connectivity index (χ1n) is 7.29. The van der Waals surface area contributed by atoms with Crippen molar-refractivity contribution in [2.45, 2.75) is 20.3 Å². The second-order valence-electron chi connectivity index (χ2n) is 5.36. The summed E-state index contributed by atoms with van der Waals surface area (Å²) < 4.78 is 0. The van der Waals surface area contributed by atoms with Gasteiger partial charge in [0.15, 0.2) is 0 Å². The molecule has 0 unspecified atom stereocenters. The third-order valence-electron chi connectivity index (χ3n) is 3.41. The predicted molar refractivity (Wildman–Crippen MR) is 92.4 cm³/mol. The summed E-state index contributed by atoms with van der Waals surface area (Å²) in [5, 5.41) is 8.66. The molecule has 1 aromatic carbocycles. The molecule has 112 valence electrons. The van der Waals surface area contributed by atoms with Gasteiger partial charge in [-0.25, -0.2) is 4.79 Å². The zero-order chi connectivity index (χ0) is 15.9. The molecule has 0 aliphatic heterocycles. The molecule has 0 radical (unpaired) electrons. The van der Waals surface area contributed by atoms with E-state index in [0.717, 1.165) is 17.6 Å². The average molecular weight is 292 g/mol. The highest BCUT2D eigenvalue weighted by molar-refractivity contribution is 5.81. The SMILES string of the molecule is CC(=C/C=C/C(C)=C/C(=O)O)/C=C1\CC=Cc2ccccc21. The Balaban J connectivity index is 2.16. The van der Waals surface area contributed by atoms with Crippen LogP contribution < -0.4 is 0 Å². The Morgan fingerprint density at radius 1 is 1.18 bits per heavy atom. The molecule has 2 heteroatoms. The predicted octanol–water partition coefficient (Wildman–Crippen LogP) is 5.02. The van der Waals surface area contributed by atoms with Crippen molar-refractivity contribution in [1.29, 1.82) is 0 Å². The molecule has 2 nitrogen and oxygen atoms in total. The number of hydrogen-bond acceptors (Lipinski definition) is 1. The maximum Gasteiger partial charge on any atom is 0.328 e. The number of aliphatic carboxylic acids is 1. The van der Waals surface area contributed by atoms with Crippen molar-refractivity contribution in [2.75, 3.05) is 0 Å². The van der Waals surface area contributed by atoms with Crippen molar-refractivity contribution in [2.24, 2.45) is 0 Å². The lowest BCUT2D eigenvalue weighted by Gasteiger charge is -2.14. The molecular weight excluding hydrogens is 272 g/mol. The van der Waals surface area contributed by atoms with E-state index in [9.17, 15) is 4.79 Å². The van der Waals surface area contributed by atoms with Gasteiger partial charge in [-0.3, -0.25) is 0 Å². The van der Waals surface area contributed by atoms with E-state index >= 15 is 0 Å². The van der Waals surface area contributed by atoms with Crippen LogP contribution in [0.25, 0.3) is 11.6 Å². The third-order valence-corrected chi connectivity index (χ3v) is 3.41. The van der Waals surface area contributed by atoms with Gasteiger partial charge in [-0.2, -0.15) is 0 Å². The normalized spacial score (nSPS) is 17.1. The van der Waals surface area contributed by atoms with Gasteiger partial charge in [-0.15, -0.1) is 0 Å². The molecule has 0 saturated carbocycles. The fourth-order valence-electron chi connectivity index (χ4n) is 2.41. The van der Waals surface area contributed by atoms with Gasteiger partial charge in [0.1, 0.15) is 0 Å². The Labute approximate surface area is 131 Å². The first kappa shape index (κ1) is 15.8. The highest BCUT2D eigenvalue weighted by Gasteiger charge is 2.08. The van der Waals surface area contributed by atoms with Crippen LogP contribution in [0.4, 0.5) is 0 Å². The van der Waals surface area contributed by atoms with Crippen molar-refractivity contribution in [3.8, 4) is 0 Å². The number of fused-ring (bicyclic) bond motifs is 1. The lowest BCUT2D eigenvalue weighted by Crippen LogP contribution is -1.93. The van der Waals surface area contributed by atoms with Crippen LogP contribution in [0.5, 0.6) is 0 Å². The molecular formula is C20H20O2. The zero-order valence-corrected chi connectivity index (χ0v) is 12.9. The summed E-state index contributed by atoms with van der Waals surface area (Å²) in [5.74, 6) is -0.921. The van der Waals surface area contributed by atoms with Crippen LogP contribution in [0, 0.1) is 0 Å². The number of carboxylic acid groups (broad SMARTS) is 1. The van der Waals surface area contributed by atoms with Crippen molar-refractivity contribution in [3.63, 3.8) is 0 Å². The molecule has 1 aromatic rings. The van der Waals surface area contributed by atoms with Crippen LogP contribution in [0.1, 0.15) is 31.4 Å². The Hall–Kier alpha value is -2.61.